The van der Waals surface area contributed by atoms with Gasteiger partial charge in [0.25, 0.3) is 0 Å². The normalized spacial score (nSPS) is 19.2. The molecular formula is C12H13F3N6. The molecule has 21 heavy (non-hydrogen) atoms. The van der Waals surface area contributed by atoms with Gasteiger partial charge in [0.1, 0.15) is 17.8 Å². The number of aryl methyl sites for hydroxylation is 1. The molecule has 0 unspecified atom stereocenters. The van der Waals surface area contributed by atoms with Gasteiger partial charge < -0.3 is 4.90 Å². The molecular weight excluding hydrogens is 285 g/mol. The molecule has 1 aliphatic heterocycles. The number of rotatable bonds is 2. The van der Waals surface area contributed by atoms with Gasteiger partial charge in [0, 0.05) is 12.2 Å². The first kappa shape index (κ1) is 13.8. The minimum atomic E-state index is -4.48. The highest BCUT2D eigenvalue weighted by Gasteiger charge is 2.36. The summed E-state index contributed by atoms with van der Waals surface area (Å²) >= 11 is 0. The molecule has 1 atom stereocenters. The third kappa shape index (κ3) is 2.67. The van der Waals surface area contributed by atoms with Crippen LogP contribution in [-0.2, 0) is 6.18 Å². The Kier molecular flexibility index (Phi) is 3.26. The lowest BCUT2D eigenvalue weighted by molar-refractivity contribution is -0.141. The van der Waals surface area contributed by atoms with E-state index in [0.29, 0.717) is 12.4 Å². The van der Waals surface area contributed by atoms with E-state index in [1.807, 2.05) is 0 Å². The number of hydrogen-bond donors (Lipinski definition) is 1. The molecule has 2 aromatic heterocycles. The maximum atomic E-state index is 12.9. The number of H-pyrrole nitrogens is 1. The van der Waals surface area contributed by atoms with Crippen molar-refractivity contribution in [1.82, 2.24) is 25.1 Å². The number of nitrogens with one attached hydrogen (secondary N) is 1. The smallest absolute Gasteiger partial charge is 0.331 e. The summed E-state index contributed by atoms with van der Waals surface area (Å²) in [6.45, 7) is 2.12. The zero-order valence-electron chi connectivity index (χ0n) is 11.2. The molecule has 3 rings (SSSR count). The molecule has 0 aliphatic carbocycles. The summed E-state index contributed by atoms with van der Waals surface area (Å²) in [4.78, 5) is 13.6. The van der Waals surface area contributed by atoms with Crippen molar-refractivity contribution in [2.45, 2.75) is 32.0 Å². The molecule has 0 amide bonds. The molecule has 2 aromatic rings. The highest BCUT2D eigenvalue weighted by molar-refractivity contribution is 5.37. The average Bonchev–Trinajstić information content (AvgIpc) is 3.07. The maximum absolute atomic E-state index is 12.9. The zero-order chi connectivity index (χ0) is 15.0. The Bertz CT molecular complexity index is 624. The third-order valence-corrected chi connectivity index (χ3v) is 3.39. The highest BCUT2D eigenvalue weighted by Crippen LogP contribution is 2.34. The van der Waals surface area contributed by atoms with Crippen LogP contribution in [0.4, 0.5) is 19.1 Å². The molecule has 9 heteroatoms. The summed E-state index contributed by atoms with van der Waals surface area (Å²) in [6, 6.07) is 0.777. The van der Waals surface area contributed by atoms with Gasteiger partial charge in [-0.2, -0.15) is 18.3 Å². The predicted molar refractivity (Wildman–Crippen MR) is 67.5 cm³/mol. The first-order valence-electron chi connectivity index (χ1n) is 6.50. The molecule has 1 fully saturated rings. The van der Waals surface area contributed by atoms with Crippen molar-refractivity contribution in [3.8, 4) is 0 Å². The Morgan fingerprint density at radius 2 is 2.14 bits per heavy atom. The van der Waals surface area contributed by atoms with Crippen LogP contribution in [0.25, 0.3) is 0 Å². The fraction of sp³-hybridized carbons (Fsp3) is 0.500. The van der Waals surface area contributed by atoms with E-state index in [-0.39, 0.29) is 17.7 Å². The van der Waals surface area contributed by atoms with Gasteiger partial charge in [-0.25, -0.2) is 15.0 Å². The summed E-state index contributed by atoms with van der Waals surface area (Å²) in [5, 5.41) is 6.54. The van der Waals surface area contributed by atoms with Crippen molar-refractivity contribution < 1.29 is 13.2 Å². The molecule has 3 heterocycles. The van der Waals surface area contributed by atoms with Crippen LogP contribution >= 0.6 is 0 Å². The summed E-state index contributed by atoms with van der Waals surface area (Å²) in [5.74, 6) is 0.701. The van der Waals surface area contributed by atoms with Crippen LogP contribution < -0.4 is 4.90 Å². The van der Waals surface area contributed by atoms with E-state index in [4.69, 9.17) is 0 Å². The number of hydrogen-bond acceptors (Lipinski definition) is 5. The molecule has 0 spiro atoms. The van der Waals surface area contributed by atoms with Crippen molar-refractivity contribution in [2.75, 3.05) is 11.4 Å². The van der Waals surface area contributed by atoms with Crippen molar-refractivity contribution >= 4 is 5.95 Å². The fourth-order valence-electron chi connectivity index (χ4n) is 2.49. The van der Waals surface area contributed by atoms with Gasteiger partial charge in [0.15, 0.2) is 0 Å². The van der Waals surface area contributed by atoms with Gasteiger partial charge in [-0.1, -0.05) is 0 Å². The van der Waals surface area contributed by atoms with E-state index >= 15 is 0 Å². The van der Waals surface area contributed by atoms with E-state index in [1.54, 1.807) is 4.90 Å². The second kappa shape index (κ2) is 4.97. The van der Waals surface area contributed by atoms with Crippen molar-refractivity contribution in [3.63, 3.8) is 0 Å². The number of halogens is 3. The lowest BCUT2D eigenvalue weighted by Gasteiger charge is -2.23. The van der Waals surface area contributed by atoms with Crippen LogP contribution in [0, 0.1) is 6.92 Å². The largest absolute Gasteiger partial charge is 0.433 e. The maximum Gasteiger partial charge on any atom is 0.433 e. The summed E-state index contributed by atoms with van der Waals surface area (Å²) < 4.78 is 38.6. The third-order valence-electron chi connectivity index (χ3n) is 3.39. The van der Waals surface area contributed by atoms with Crippen molar-refractivity contribution in [1.29, 1.82) is 0 Å². The number of nitrogens with zero attached hydrogens (tertiary/aromatic N) is 5. The molecule has 0 radical (unpaired) electrons. The molecule has 1 N–H and O–H groups in total. The minimum absolute atomic E-state index is 0.0845. The second-order valence-corrected chi connectivity index (χ2v) is 4.91. The summed E-state index contributed by atoms with van der Waals surface area (Å²) in [5.41, 5.74) is -0.635. The zero-order valence-corrected chi connectivity index (χ0v) is 11.2. The minimum Gasteiger partial charge on any atom is -0.331 e. The number of anilines is 1. The standard InChI is InChI=1S/C12H13F3N6/c1-7-5-9(12(13,14)15)19-11(18-7)21-4-2-3-8(21)10-16-6-17-20-10/h5-6,8H,2-4H2,1H3,(H,16,17,20)/t8-/m0/s1. The lowest BCUT2D eigenvalue weighted by Crippen LogP contribution is -2.27. The van der Waals surface area contributed by atoms with Crippen LogP contribution in [-0.4, -0.2) is 31.7 Å². The first-order valence-corrected chi connectivity index (χ1v) is 6.50. The van der Waals surface area contributed by atoms with Gasteiger partial charge in [-0.05, 0) is 25.8 Å². The van der Waals surface area contributed by atoms with Crippen molar-refractivity contribution in [3.05, 3.63) is 29.6 Å². The van der Waals surface area contributed by atoms with Crippen LogP contribution in [0.2, 0.25) is 0 Å². The van der Waals surface area contributed by atoms with Gasteiger partial charge in [-0.15, -0.1) is 0 Å². The molecule has 112 valence electrons. The molecule has 0 bridgehead atoms. The molecule has 1 aliphatic rings. The fourth-order valence-corrected chi connectivity index (χ4v) is 2.49. The van der Waals surface area contributed by atoms with E-state index < -0.39 is 11.9 Å². The van der Waals surface area contributed by atoms with Crippen LogP contribution in [0.3, 0.4) is 0 Å². The Hall–Kier alpha value is -2.19. The number of aromatic amines is 1. The molecule has 0 saturated carbocycles. The summed E-state index contributed by atoms with van der Waals surface area (Å²) in [6.07, 6.45) is -1.49. The lowest BCUT2D eigenvalue weighted by atomic mass is 10.2. The topological polar surface area (TPSA) is 70.6 Å². The molecule has 6 nitrogen and oxygen atoms in total. The Balaban J connectivity index is 1.98. The van der Waals surface area contributed by atoms with Crippen LogP contribution in [0.5, 0.6) is 0 Å². The Morgan fingerprint density at radius 3 is 2.81 bits per heavy atom. The van der Waals surface area contributed by atoms with Gasteiger partial charge in [0.2, 0.25) is 5.95 Å². The average molecular weight is 298 g/mol. The van der Waals surface area contributed by atoms with Gasteiger partial charge in [0.05, 0.1) is 6.04 Å². The van der Waals surface area contributed by atoms with Crippen LogP contribution in [0.1, 0.15) is 36.1 Å². The van der Waals surface area contributed by atoms with E-state index in [1.165, 1.54) is 13.3 Å². The number of alkyl halides is 3. The second-order valence-electron chi connectivity index (χ2n) is 4.91. The molecule has 1 saturated heterocycles. The quantitative estimate of drug-likeness (QED) is 0.921. The van der Waals surface area contributed by atoms with Crippen molar-refractivity contribution in [2.24, 2.45) is 0 Å². The van der Waals surface area contributed by atoms with E-state index in [2.05, 4.69) is 25.1 Å². The predicted octanol–water partition coefficient (Wildman–Crippen LogP) is 2.26. The van der Waals surface area contributed by atoms with Gasteiger partial charge >= 0.3 is 6.18 Å². The van der Waals surface area contributed by atoms with Gasteiger partial charge in [-0.3, -0.25) is 5.10 Å². The molecule has 0 aromatic carbocycles. The van der Waals surface area contributed by atoms with E-state index in [0.717, 1.165) is 18.9 Å². The Morgan fingerprint density at radius 1 is 1.33 bits per heavy atom. The number of aromatic nitrogens is 5. The monoisotopic (exact) mass is 298 g/mol. The SMILES string of the molecule is Cc1cc(C(F)(F)F)nc(N2CCC[C@H]2c2ncn[nH]2)n1. The highest BCUT2D eigenvalue weighted by atomic mass is 19.4. The summed E-state index contributed by atoms with van der Waals surface area (Å²) in [7, 11) is 0. The van der Waals surface area contributed by atoms with E-state index in [9.17, 15) is 13.2 Å². The Labute approximate surface area is 118 Å². The first-order chi connectivity index (χ1) is 9.95. The van der Waals surface area contributed by atoms with Crippen LogP contribution in [0.15, 0.2) is 12.4 Å².